The van der Waals surface area contributed by atoms with Crippen LogP contribution in [0.3, 0.4) is 0 Å². The van der Waals surface area contributed by atoms with E-state index in [1.807, 2.05) is 13.4 Å². The Hall–Kier alpha value is -3.13. The molecule has 1 aromatic heterocycles. The van der Waals surface area contributed by atoms with E-state index in [1.165, 1.54) is 32.7 Å². The fourth-order valence-corrected chi connectivity index (χ4v) is 3.50. The number of fused-ring (bicyclic) bond motifs is 4. The summed E-state index contributed by atoms with van der Waals surface area (Å²) in [5, 5.41) is 5.17. The molecule has 0 saturated heterocycles. The fraction of sp³-hybridized carbons (Fsp3) is 0.0455. The maximum atomic E-state index is 4.40. The van der Waals surface area contributed by atoms with E-state index in [4.69, 9.17) is 0 Å². The third-order valence-corrected chi connectivity index (χ3v) is 4.80. The lowest BCUT2D eigenvalue weighted by molar-refractivity contribution is 0.948. The maximum absolute atomic E-state index is 4.40. The van der Waals surface area contributed by atoms with Crippen LogP contribution < -0.4 is 0 Å². The molecular formula is C22H16N2. The quantitative estimate of drug-likeness (QED) is 0.371. The molecule has 24 heavy (non-hydrogen) atoms. The molecule has 0 radical (unpaired) electrons. The molecule has 0 unspecified atom stereocenters. The molecule has 0 saturated carbocycles. The van der Waals surface area contributed by atoms with Crippen molar-refractivity contribution < 1.29 is 0 Å². The standard InChI is InChI=1S/C22H16N2/c1-24-14-23-21-11-9-17(13-22(21)24)16-8-10-20-18(12-16)7-6-15-4-2-3-5-19(15)20/h2-14H,1H3. The summed E-state index contributed by atoms with van der Waals surface area (Å²) in [6.45, 7) is 0. The van der Waals surface area contributed by atoms with E-state index in [-0.39, 0.29) is 0 Å². The van der Waals surface area contributed by atoms with Gasteiger partial charge in [0.05, 0.1) is 17.4 Å². The first-order chi connectivity index (χ1) is 11.8. The normalized spacial score (nSPS) is 11.5. The van der Waals surface area contributed by atoms with E-state index >= 15 is 0 Å². The van der Waals surface area contributed by atoms with Crippen molar-refractivity contribution in [3.05, 3.63) is 79.1 Å². The van der Waals surface area contributed by atoms with Gasteiger partial charge in [0.2, 0.25) is 0 Å². The maximum Gasteiger partial charge on any atom is 0.0955 e. The molecule has 114 valence electrons. The van der Waals surface area contributed by atoms with Crippen molar-refractivity contribution in [2.75, 3.05) is 0 Å². The summed E-state index contributed by atoms with van der Waals surface area (Å²) in [6, 6.07) is 26.1. The number of benzene rings is 4. The molecule has 5 aromatic rings. The summed E-state index contributed by atoms with van der Waals surface area (Å²) in [4.78, 5) is 4.40. The Morgan fingerprint density at radius 2 is 1.46 bits per heavy atom. The van der Waals surface area contributed by atoms with Gasteiger partial charge >= 0.3 is 0 Å². The lowest BCUT2D eigenvalue weighted by Gasteiger charge is -2.08. The van der Waals surface area contributed by atoms with Crippen molar-refractivity contribution in [1.82, 2.24) is 9.55 Å². The highest BCUT2D eigenvalue weighted by atomic mass is 15.0. The molecule has 1 heterocycles. The third kappa shape index (κ3) is 1.93. The van der Waals surface area contributed by atoms with Crippen LogP contribution in [0.25, 0.3) is 43.7 Å². The SMILES string of the molecule is Cn1cnc2ccc(-c3ccc4c(ccc5ccccc54)c3)cc21. The minimum atomic E-state index is 1.04. The fourth-order valence-electron chi connectivity index (χ4n) is 3.50. The zero-order chi connectivity index (χ0) is 16.1. The summed E-state index contributed by atoms with van der Waals surface area (Å²) in [6.07, 6.45) is 1.86. The Labute approximate surface area is 140 Å². The number of rotatable bonds is 1. The van der Waals surface area contributed by atoms with Crippen LogP contribution in [0, 0.1) is 0 Å². The Morgan fingerprint density at radius 1 is 0.708 bits per heavy atom. The van der Waals surface area contributed by atoms with Gasteiger partial charge in [0.25, 0.3) is 0 Å². The third-order valence-electron chi connectivity index (χ3n) is 4.80. The largest absolute Gasteiger partial charge is 0.334 e. The van der Waals surface area contributed by atoms with E-state index in [2.05, 4.69) is 82.3 Å². The second kappa shape index (κ2) is 4.93. The van der Waals surface area contributed by atoms with Crippen LogP contribution >= 0.6 is 0 Å². The molecule has 2 heteroatoms. The summed E-state index contributed by atoms with van der Waals surface area (Å²) in [5.74, 6) is 0. The van der Waals surface area contributed by atoms with Gasteiger partial charge in [0, 0.05) is 7.05 Å². The van der Waals surface area contributed by atoms with Gasteiger partial charge in [0.15, 0.2) is 0 Å². The number of aromatic nitrogens is 2. The van der Waals surface area contributed by atoms with E-state index in [0.717, 1.165) is 11.0 Å². The lowest BCUT2D eigenvalue weighted by atomic mass is 9.97. The number of hydrogen-bond acceptors (Lipinski definition) is 1. The van der Waals surface area contributed by atoms with E-state index < -0.39 is 0 Å². The van der Waals surface area contributed by atoms with Gasteiger partial charge in [-0.3, -0.25) is 0 Å². The molecule has 5 rings (SSSR count). The molecule has 0 atom stereocenters. The Kier molecular flexibility index (Phi) is 2.74. The van der Waals surface area contributed by atoms with Crippen LogP contribution in [0.4, 0.5) is 0 Å². The van der Waals surface area contributed by atoms with E-state index in [0.29, 0.717) is 0 Å². The molecular weight excluding hydrogens is 292 g/mol. The molecule has 0 aliphatic rings. The zero-order valence-electron chi connectivity index (χ0n) is 13.4. The second-order valence-electron chi connectivity index (χ2n) is 6.28. The minimum Gasteiger partial charge on any atom is -0.334 e. The van der Waals surface area contributed by atoms with Gasteiger partial charge in [0.1, 0.15) is 0 Å². The van der Waals surface area contributed by atoms with Crippen LogP contribution in [0.5, 0.6) is 0 Å². The highest BCUT2D eigenvalue weighted by Crippen LogP contribution is 2.30. The van der Waals surface area contributed by atoms with Crippen molar-refractivity contribution in [3.8, 4) is 11.1 Å². The average Bonchev–Trinajstić information content (AvgIpc) is 3.01. The highest BCUT2D eigenvalue weighted by Gasteiger charge is 2.06. The van der Waals surface area contributed by atoms with E-state index in [9.17, 15) is 0 Å². The highest BCUT2D eigenvalue weighted by molar-refractivity contribution is 6.08. The monoisotopic (exact) mass is 308 g/mol. The molecule has 0 amide bonds. The summed E-state index contributed by atoms with van der Waals surface area (Å²) in [5.41, 5.74) is 4.65. The smallest absolute Gasteiger partial charge is 0.0955 e. The average molecular weight is 308 g/mol. The molecule has 0 N–H and O–H groups in total. The van der Waals surface area contributed by atoms with Gasteiger partial charge in [-0.2, -0.15) is 0 Å². The molecule has 0 aliphatic heterocycles. The molecule has 4 aromatic carbocycles. The molecule has 2 nitrogen and oxygen atoms in total. The van der Waals surface area contributed by atoms with Crippen LogP contribution in [-0.4, -0.2) is 9.55 Å². The minimum absolute atomic E-state index is 1.04. The topological polar surface area (TPSA) is 17.8 Å². The number of aryl methyl sites for hydroxylation is 1. The second-order valence-corrected chi connectivity index (χ2v) is 6.28. The van der Waals surface area contributed by atoms with Crippen molar-refractivity contribution >= 4 is 32.6 Å². The number of nitrogens with zero attached hydrogens (tertiary/aromatic N) is 2. The number of imidazole rings is 1. The zero-order valence-corrected chi connectivity index (χ0v) is 13.4. The van der Waals surface area contributed by atoms with Crippen LogP contribution in [0.1, 0.15) is 0 Å². The van der Waals surface area contributed by atoms with Gasteiger partial charge in [-0.05, 0) is 50.9 Å². The predicted molar refractivity (Wildman–Crippen MR) is 101 cm³/mol. The van der Waals surface area contributed by atoms with Gasteiger partial charge in [-0.1, -0.05) is 54.6 Å². The van der Waals surface area contributed by atoms with Crippen LogP contribution in [-0.2, 0) is 7.05 Å². The molecule has 0 aliphatic carbocycles. The van der Waals surface area contributed by atoms with Crippen LogP contribution in [0.2, 0.25) is 0 Å². The van der Waals surface area contributed by atoms with Crippen molar-refractivity contribution in [2.24, 2.45) is 7.05 Å². The Bertz CT molecular complexity index is 1210. The Morgan fingerprint density at radius 3 is 2.42 bits per heavy atom. The summed E-state index contributed by atoms with van der Waals surface area (Å²) in [7, 11) is 2.03. The predicted octanol–water partition coefficient (Wildman–Crippen LogP) is 5.55. The van der Waals surface area contributed by atoms with Crippen molar-refractivity contribution in [2.45, 2.75) is 0 Å². The lowest BCUT2D eigenvalue weighted by Crippen LogP contribution is -1.85. The molecule has 0 fully saturated rings. The van der Waals surface area contributed by atoms with Crippen molar-refractivity contribution in [1.29, 1.82) is 0 Å². The summed E-state index contributed by atoms with van der Waals surface area (Å²) >= 11 is 0. The van der Waals surface area contributed by atoms with Gasteiger partial charge in [-0.25, -0.2) is 4.98 Å². The Balaban J connectivity index is 1.74. The molecule has 0 spiro atoms. The first-order valence-corrected chi connectivity index (χ1v) is 8.12. The molecule has 0 bridgehead atoms. The van der Waals surface area contributed by atoms with Gasteiger partial charge < -0.3 is 4.57 Å². The van der Waals surface area contributed by atoms with Crippen LogP contribution in [0.15, 0.2) is 79.1 Å². The van der Waals surface area contributed by atoms with Gasteiger partial charge in [-0.15, -0.1) is 0 Å². The first-order valence-electron chi connectivity index (χ1n) is 8.12. The summed E-state index contributed by atoms with van der Waals surface area (Å²) < 4.78 is 2.06. The number of hydrogen-bond donors (Lipinski definition) is 0. The first kappa shape index (κ1) is 13.3. The van der Waals surface area contributed by atoms with Crippen molar-refractivity contribution in [3.63, 3.8) is 0 Å². The van der Waals surface area contributed by atoms with E-state index in [1.54, 1.807) is 0 Å².